The van der Waals surface area contributed by atoms with Gasteiger partial charge in [-0.25, -0.2) is 9.40 Å². The zero-order valence-electron chi connectivity index (χ0n) is 14.2. The van der Waals surface area contributed by atoms with Crippen molar-refractivity contribution in [3.8, 4) is 5.75 Å². The molecule has 0 bridgehead atoms. The minimum absolute atomic E-state index is 0.0652. The number of halogens is 1. The number of hydrogen-bond donors (Lipinski definition) is 0. The molecule has 0 spiro atoms. The van der Waals surface area contributed by atoms with Gasteiger partial charge in [0.15, 0.2) is 0 Å². The van der Waals surface area contributed by atoms with Crippen molar-refractivity contribution >= 4 is 5.71 Å². The summed E-state index contributed by atoms with van der Waals surface area (Å²) in [7, 11) is 0. The first-order valence-electron chi connectivity index (χ1n) is 8.63. The molecule has 2 atom stereocenters. The quantitative estimate of drug-likeness (QED) is 0.656. The molecule has 5 rings (SSSR count). The molecule has 26 heavy (non-hydrogen) atoms. The molecule has 0 radical (unpaired) electrons. The van der Waals surface area contributed by atoms with Crippen LogP contribution in [0.15, 0.2) is 70.2 Å². The normalized spacial score (nSPS) is 21.0. The number of ether oxygens (including phenoxy) is 1. The van der Waals surface area contributed by atoms with Crippen LogP contribution in [0.4, 0.5) is 4.39 Å². The predicted molar refractivity (Wildman–Crippen MR) is 95.4 cm³/mol. The van der Waals surface area contributed by atoms with Crippen LogP contribution in [0.25, 0.3) is 0 Å². The minimum Gasteiger partial charge on any atom is -0.464 e. The van der Waals surface area contributed by atoms with E-state index in [0.717, 1.165) is 40.5 Å². The number of hydrogen-bond acceptors (Lipinski definition) is 4. The van der Waals surface area contributed by atoms with Gasteiger partial charge >= 0.3 is 0 Å². The number of benzene rings is 2. The lowest BCUT2D eigenvalue weighted by Crippen LogP contribution is -2.33. The van der Waals surface area contributed by atoms with Crippen LogP contribution in [0.1, 0.15) is 41.3 Å². The Labute approximate surface area is 150 Å². The summed E-state index contributed by atoms with van der Waals surface area (Å²) in [6.45, 7) is 1.92. The van der Waals surface area contributed by atoms with E-state index in [9.17, 15) is 4.39 Å². The maximum atomic E-state index is 13.4. The van der Waals surface area contributed by atoms with E-state index in [0.29, 0.717) is 0 Å². The zero-order valence-corrected chi connectivity index (χ0v) is 14.2. The van der Waals surface area contributed by atoms with Crippen molar-refractivity contribution in [2.24, 2.45) is 5.10 Å². The molecule has 2 aromatic carbocycles. The standard InChI is InChI=1S/C21H17FN2O2/c1-13-6-11-20(25-13)17-12-18-16-4-2-3-5-19(16)26-21(24(18)23-17)14-7-9-15(22)10-8-14/h2-11,18,21H,12H2,1H3/t18-,21-/m0/s1. The second-order valence-corrected chi connectivity index (χ2v) is 6.62. The number of hydrazone groups is 1. The monoisotopic (exact) mass is 348 g/mol. The fraction of sp³-hybridized carbons (Fsp3) is 0.190. The van der Waals surface area contributed by atoms with E-state index in [2.05, 4.69) is 6.07 Å². The second-order valence-electron chi connectivity index (χ2n) is 6.62. The van der Waals surface area contributed by atoms with Crippen molar-refractivity contribution in [2.45, 2.75) is 25.6 Å². The molecule has 3 aromatic rings. The van der Waals surface area contributed by atoms with Crippen LogP contribution in [0.3, 0.4) is 0 Å². The van der Waals surface area contributed by atoms with E-state index in [-0.39, 0.29) is 11.9 Å². The third-order valence-corrected chi connectivity index (χ3v) is 4.88. The van der Waals surface area contributed by atoms with Gasteiger partial charge in [-0.1, -0.05) is 30.3 Å². The van der Waals surface area contributed by atoms with Gasteiger partial charge in [0, 0.05) is 17.5 Å². The summed E-state index contributed by atoms with van der Waals surface area (Å²) in [5, 5.41) is 6.77. The van der Waals surface area contributed by atoms with Crippen LogP contribution < -0.4 is 4.74 Å². The van der Waals surface area contributed by atoms with Gasteiger partial charge in [-0.3, -0.25) is 0 Å². The topological polar surface area (TPSA) is 38.0 Å². The molecule has 1 aromatic heterocycles. The van der Waals surface area contributed by atoms with E-state index in [4.69, 9.17) is 14.3 Å². The van der Waals surface area contributed by atoms with Crippen molar-refractivity contribution in [1.29, 1.82) is 0 Å². The Hall–Kier alpha value is -3.08. The Balaban J connectivity index is 1.59. The summed E-state index contributed by atoms with van der Waals surface area (Å²) in [5.41, 5.74) is 2.87. The summed E-state index contributed by atoms with van der Waals surface area (Å²) in [6.07, 6.45) is 0.342. The van der Waals surface area contributed by atoms with Gasteiger partial charge in [0.25, 0.3) is 0 Å². The van der Waals surface area contributed by atoms with Crippen LogP contribution >= 0.6 is 0 Å². The van der Waals surface area contributed by atoms with E-state index in [1.165, 1.54) is 12.1 Å². The number of nitrogens with zero attached hydrogens (tertiary/aromatic N) is 2. The molecule has 4 nitrogen and oxygen atoms in total. The zero-order chi connectivity index (χ0) is 17.7. The van der Waals surface area contributed by atoms with Crippen LogP contribution in [-0.4, -0.2) is 10.7 Å². The highest BCUT2D eigenvalue weighted by Crippen LogP contribution is 2.47. The van der Waals surface area contributed by atoms with E-state index in [1.54, 1.807) is 12.1 Å². The van der Waals surface area contributed by atoms with E-state index < -0.39 is 6.23 Å². The molecule has 2 aliphatic rings. The van der Waals surface area contributed by atoms with Crippen molar-refractivity contribution < 1.29 is 13.5 Å². The highest BCUT2D eigenvalue weighted by Gasteiger charge is 2.41. The molecular weight excluding hydrogens is 331 g/mol. The van der Waals surface area contributed by atoms with Crippen molar-refractivity contribution in [1.82, 2.24) is 5.01 Å². The van der Waals surface area contributed by atoms with Crippen molar-refractivity contribution in [2.75, 3.05) is 0 Å². The van der Waals surface area contributed by atoms with Crippen LogP contribution in [0.2, 0.25) is 0 Å². The molecule has 5 heteroatoms. The van der Waals surface area contributed by atoms with E-state index >= 15 is 0 Å². The second kappa shape index (κ2) is 5.73. The van der Waals surface area contributed by atoms with Gasteiger partial charge in [-0.05, 0) is 37.3 Å². The predicted octanol–water partition coefficient (Wildman–Crippen LogP) is 4.97. The minimum atomic E-state index is -0.399. The Kier molecular flexibility index (Phi) is 3.35. The van der Waals surface area contributed by atoms with Crippen molar-refractivity contribution in [3.05, 3.63) is 89.1 Å². The number of fused-ring (bicyclic) bond motifs is 3. The molecule has 0 N–H and O–H groups in total. The molecule has 0 aliphatic carbocycles. The molecular formula is C21H17FN2O2. The van der Waals surface area contributed by atoms with Gasteiger partial charge in [-0.2, -0.15) is 5.10 Å². The van der Waals surface area contributed by atoms with Crippen LogP contribution in [0.5, 0.6) is 5.75 Å². The van der Waals surface area contributed by atoms with Gasteiger partial charge in [0.1, 0.15) is 28.8 Å². The molecule has 3 heterocycles. The first-order valence-corrected chi connectivity index (χ1v) is 8.63. The SMILES string of the molecule is Cc1ccc(C2=NN3[C@@H](C2)c2ccccc2O[C@H]3c2ccc(F)cc2)o1. The molecule has 0 amide bonds. The number of furan rings is 1. The third kappa shape index (κ3) is 2.39. The third-order valence-electron chi connectivity index (χ3n) is 4.88. The van der Waals surface area contributed by atoms with Crippen molar-refractivity contribution in [3.63, 3.8) is 0 Å². The number of rotatable bonds is 2. The van der Waals surface area contributed by atoms with Gasteiger partial charge in [-0.15, -0.1) is 0 Å². The average molecular weight is 348 g/mol. The van der Waals surface area contributed by atoms with Gasteiger partial charge in [0.2, 0.25) is 6.23 Å². The van der Waals surface area contributed by atoms with E-state index in [1.807, 2.05) is 42.3 Å². The maximum Gasteiger partial charge on any atom is 0.213 e. The molecule has 0 unspecified atom stereocenters. The number of aryl methyl sites for hydroxylation is 1. The molecule has 130 valence electrons. The van der Waals surface area contributed by atoms with Crippen LogP contribution in [-0.2, 0) is 0 Å². The molecule has 2 aliphatic heterocycles. The maximum absolute atomic E-state index is 13.4. The molecule has 0 saturated heterocycles. The smallest absolute Gasteiger partial charge is 0.213 e. The lowest BCUT2D eigenvalue weighted by molar-refractivity contribution is -0.0190. The summed E-state index contributed by atoms with van der Waals surface area (Å²) < 4.78 is 25.3. The van der Waals surface area contributed by atoms with Gasteiger partial charge < -0.3 is 9.15 Å². The Morgan fingerprint density at radius 3 is 2.62 bits per heavy atom. The summed E-state index contributed by atoms with van der Waals surface area (Å²) in [4.78, 5) is 0. The summed E-state index contributed by atoms with van der Waals surface area (Å²) in [5.74, 6) is 2.22. The lowest BCUT2D eigenvalue weighted by atomic mass is 9.97. The average Bonchev–Trinajstić information content (AvgIpc) is 3.28. The Morgan fingerprint density at radius 2 is 1.85 bits per heavy atom. The highest BCUT2D eigenvalue weighted by atomic mass is 19.1. The Bertz CT molecular complexity index is 993. The summed E-state index contributed by atoms with van der Waals surface area (Å²) >= 11 is 0. The first-order chi connectivity index (χ1) is 12.7. The fourth-order valence-electron chi connectivity index (χ4n) is 3.62. The number of para-hydroxylation sites is 1. The van der Waals surface area contributed by atoms with Crippen LogP contribution in [0, 0.1) is 12.7 Å². The fourth-order valence-corrected chi connectivity index (χ4v) is 3.62. The lowest BCUT2D eigenvalue weighted by Gasteiger charge is -2.38. The molecule has 0 fully saturated rings. The largest absolute Gasteiger partial charge is 0.464 e. The molecule has 0 saturated carbocycles. The van der Waals surface area contributed by atoms with Gasteiger partial charge in [0.05, 0.1) is 6.04 Å². The summed E-state index contributed by atoms with van der Waals surface area (Å²) in [6, 6.07) is 18.4. The highest BCUT2D eigenvalue weighted by molar-refractivity contribution is 5.99. The Morgan fingerprint density at radius 1 is 1.04 bits per heavy atom. The first kappa shape index (κ1) is 15.2.